The standard InChI is InChI=1S/C18H18N2O2/c1-21-13-15-9-5-6-10-16(15)20-17(18-19-11-12-22-18)14-7-3-2-4-8-14/h2-10H,11-13H2,1H3/b20-17+. The van der Waals surface area contributed by atoms with E-state index in [1.807, 2.05) is 54.6 Å². The highest BCUT2D eigenvalue weighted by Gasteiger charge is 2.17. The second-order valence-corrected chi connectivity index (χ2v) is 4.92. The average molecular weight is 294 g/mol. The first-order chi connectivity index (χ1) is 10.9. The number of benzene rings is 2. The van der Waals surface area contributed by atoms with Gasteiger partial charge in [0.05, 0.1) is 18.8 Å². The molecule has 2 aromatic carbocycles. The van der Waals surface area contributed by atoms with Crippen LogP contribution in [0.2, 0.25) is 0 Å². The minimum Gasteiger partial charge on any atom is -0.474 e. The Balaban J connectivity index is 2.06. The van der Waals surface area contributed by atoms with Crippen LogP contribution in [0.15, 0.2) is 64.6 Å². The summed E-state index contributed by atoms with van der Waals surface area (Å²) >= 11 is 0. The molecule has 0 saturated heterocycles. The lowest BCUT2D eigenvalue weighted by atomic mass is 10.1. The first-order valence-corrected chi connectivity index (χ1v) is 7.27. The third-order valence-corrected chi connectivity index (χ3v) is 3.36. The third-order valence-electron chi connectivity index (χ3n) is 3.36. The topological polar surface area (TPSA) is 43.2 Å². The molecule has 112 valence electrons. The summed E-state index contributed by atoms with van der Waals surface area (Å²) in [6.07, 6.45) is 0. The molecule has 2 aromatic rings. The Morgan fingerprint density at radius 3 is 2.64 bits per heavy atom. The first-order valence-electron chi connectivity index (χ1n) is 7.27. The fourth-order valence-electron chi connectivity index (χ4n) is 2.33. The van der Waals surface area contributed by atoms with Crippen molar-refractivity contribution >= 4 is 17.3 Å². The first kappa shape index (κ1) is 14.5. The van der Waals surface area contributed by atoms with Gasteiger partial charge in [0.2, 0.25) is 5.90 Å². The van der Waals surface area contributed by atoms with E-state index in [2.05, 4.69) is 4.99 Å². The SMILES string of the molecule is COCc1ccccc1/N=C(/C1=NCCO1)c1ccccc1. The van der Waals surface area contributed by atoms with Gasteiger partial charge in [0.1, 0.15) is 12.3 Å². The zero-order valence-electron chi connectivity index (χ0n) is 12.5. The number of hydrogen-bond donors (Lipinski definition) is 0. The summed E-state index contributed by atoms with van der Waals surface area (Å²) in [5.41, 5.74) is 3.68. The summed E-state index contributed by atoms with van der Waals surface area (Å²) in [4.78, 5) is 9.23. The van der Waals surface area contributed by atoms with Crippen LogP contribution in [0.5, 0.6) is 0 Å². The Kier molecular flexibility index (Phi) is 4.61. The molecule has 0 saturated carbocycles. The molecular weight excluding hydrogens is 276 g/mol. The monoisotopic (exact) mass is 294 g/mol. The van der Waals surface area contributed by atoms with E-state index in [1.165, 1.54) is 0 Å². The summed E-state index contributed by atoms with van der Waals surface area (Å²) in [6.45, 7) is 1.82. The number of methoxy groups -OCH3 is 1. The van der Waals surface area contributed by atoms with E-state index in [1.54, 1.807) is 7.11 Å². The third kappa shape index (κ3) is 3.23. The minimum atomic E-state index is 0.523. The van der Waals surface area contributed by atoms with Gasteiger partial charge < -0.3 is 9.47 Å². The van der Waals surface area contributed by atoms with Crippen molar-refractivity contribution in [2.24, 2.45) is 9.98 Å². The van der Waals surface area contributed by atoms with Gasteiger partial charge in [0, 0.05) is 18.2 Å². The highest BCUT2D eigenvalue weighted by atomic mass is 16.5. The molecule has 0 N–H and O–H groups in total. The van der Waals surface area contributed by atoms with Crippen LogP contribution in [-0.2, 0) is 16.1 Å². The fourth-order valence-corrected chi connectivity index (χ4v) is 2.33. The van der Waals surface area contributed by atoms with Gasteiger partial charge in [-0.2, -0.15) is 0 Å². The molecule has 0 bridgehead atoms. The van der Waals surface area contributed by atoms with E-state index in [0.717, 1.165) is 22.5 Å². The summed E-state index contributed by atoms with van der Waals surface area (Å²) in [6, 6.07) is 17.9. The molecule has 0 unspecified atom stereocenters. The molecule has 0 spiro atoms. The minimum absolute atomic E-state index is 0.523. The summed E-state index contributed by atoms with van der Waals surface area (Å²) in [7, 11) is 1.68. The maximum atomic E-state index is 5.63. The normalized spacial score (nSPS) is 14.6. The van der Waals surface area contributed by atoms with Crippen LogP contribution in [0, 0.1) is 0 Å². The Morgan fingerprint density at radius 1 is 1.14 bits per heavy atom. The molecule has 0 atom stereocenters. The predicted octanol–water partition coefficient (Wildman–Crippen LogP) is 3.38. The van der Waals surface area contributed by atoms with Gasteiger partial charge in [-0.25, -0.2) is 9.98 Å². The van der Waals surface area contributed by atoms with Crippen molar-refractivity contribution in [3.05, 3.63) is 65.7 Å². The van der Waals surface area contributed by atoms with Crippen LogP contribution < -0.4 is 0 Å². The van der Waals surface area contributed by atoms with Gasteiger partial charge >= 0.3 is 0 Å². The van der Waals surface area contributed by atoms with Crippen molar-refractivity contribution in [2.45, 2.75) is 6.61 Å². The van der Waals surface area contributed by atoms with Crippen molar-refractivity contribution in [1.82, 2.24) is 0 Å². The maximum absolute atomic E-state index is 5.63. The smallest absolute Gasteiger partial charge is 0.236 e. The highest BCUT2D eigenvalue weighted by Crippen LogP contribution is 2.22. The molecule has 4 nitrogen and oxygen atoms in total. The molecule has 0 radical (unpaired) electrons. The van der Waals surface area contributed by atoms with Crippen LogP contribution in [0.3, 0.4) is 0 Å². The van der Waals surface area contributed by atoms with Crippen LogP contribution in [0.4, 0.5) is 5.69 Å². The van der Waals surface area contributed by atoms with Crippen molar-refractivity contribution in [2.75, 3.05) is 20.3 Å². The summed E-state index contributed by atoms with van der Waals surface area (Å²) in [5, 5.41) is 0. The Morgan fingerprint density at radius 2 is 1.91 bits per heavy atom. The van der Waals surface area contributed by atoms with E-state index in [0.29, 0.717) is 25.7 Å². The van der Waals surface area contributed by atoms with E-state index >= 15 is 0 Å². The van der Waals surface area contributed by atoms with Crippen molar-refractivity contribution < 1.29 is 9.47 Å². The summed E-state index contributed by atoms with van der Waals surface area (Å²) < 4.78 is 10.9. The quantitative estimate of drug-likeness (QED) is 0.793. The van der Waals surface area contributed by atoms with Crippen molar-refractivity contribution in [3.63, 3.8) is 0 Å². The molecule has 1 heterocycles. The van der Waals surface area contributed by atoms with Gasteiger partial charge in [-0.05, 0) is 6.07 Å². The molecule has 0 fully saturated rings. The zero-order valence-corrected chi connectivity index (χ0v) is 12.5. The number of rotatable bonds is 5. The molecular formula is C18H18N2O2. The lowest BCUT2D eigenvalue weighted by Gasteiger charge is -2.09. The van der Waals surface area contributed by atoms with Gasteiger partial charge in [-0.3, -0.25) is 0 Å². The highest BCUT2D eigenvalue weighted by molar-refractivity contribution is 6.46. The van der Waals surface area contributed by atoms with E-state index < -0.39 is 0 Å². The molecule has 0 amide bonds. The molecule has 3 rings (SSSR count). The van der Waals surface area contributed by atoms with Gasteiger partial charge in [-0.1, -0.05) is 48.5 Å². The second kappa shape index (κ2) is 7.00. The van der Waals surface area contributed by atoms with Crippen LogP contribution >= 0.6 is 0 Å². The Labute approximate surface area is 130 Å². The van der Waals surface area contributed by atoms with Crippen LogP contribution in [0.25, 0.3) is 0 Å². The number of hydrogen-bond acceptors (Lipinski definition) is 4. The molecule has 1 aliphatic rings. The van der Waals surface area contributed by atoms with E-state index in [9.17, 15) is 0 Å². The molecule has 0 aliphatic carbocycles. The number of aliphatic imine (C=N–C) groups is 2. The Hall–Kier alpha value is -2.46. The zero-order chi connectivity index (χ0) is 15.2. The molecule has 22 heavy (non-hydrogen) atoms. The number of para-hydroxylation sites is 1. The van der Waals surface area contributed by atoms with Gasteiger partial charge in [0.25, 0.3) is 0 Å². The average Bonchev–Trinajstić information content (AvgIpc) is 3.09. The van der Waals surface area contributed by atoms with E-state index in [-0.39, 0.29) is 0 Å². The summed E-state index contributed by atoms with van der Waals surface area (Å²) in [5.74, 6) is 0.610. The number of nitrogens with zero attached hydrogens (tertiary/aromatic N) is 2. The van der Waals surface area contributed by atoms with Crippen molar-refractivity contribution in [3.8, 4) is 0 Å². The van der Waals surface area contributed by atoms with Gasteiger partial charge in [-0.15, -0.1) is 0 Å². The largest absolute Gasteiger partial charge is 0.474 e. The predicted molar refractivity (Wildman–Crippen MR) is 88.0 cm³/mol. The lowest BCUT2D eigenvalue weighted by molar-refractivity contribution is 0.185. The lowest BCUT2D eigenvalue weighted by Crippen LogP contribution is -2.16. The van der Waals surface area contributed by atoms with Crippen LogP contribution in [-0.4, -0.2) is 31.9 Å². The molecule has 1 aliphatic heterocycles. The molecule has 4 heteroatoms. The number of ether oxygens (including phenoxy) is 2. The fraction of sp³-hybridized carbons (Fsp3) is 0.222. The Bertz CT molecular complexity index is 693. The van der Waals surface area contributed by atoms with Crippen LogP contribution in [0.1, 0.15) is 11.1 Å². The second-order valence-electron chi connectivity index (χ2n) is 4.92. The van der Waals surface area contributed by atoms with E-state index in [4.69, 9.17) is 14.5 Å². The molecule has 0 aromatic heterocycles. The van der Waals surface area contributed by atoms with Crippen molar-refractivity contribution in [1.29, 1.82) is 0 Å². The van der Waals surface area contributed by atoms with Gasteiger partial charge in [0.15, 0.2) is 0 Å². The maximum Gasteiger partial charge on any atom is 0.236 e.